The van der Waals surface area contributed by atoms with Gasteiger partial charge < -0.3 is 20.3 Å². The smallest absolute Gasteiger partial charge is 0.407 e. The topological polar surface area (TPSA) is 109 Å². The standard InChI is InChI=1S/C25H23ClN4O4/c26-22-9-10-23-28-13-20(30(23)29-22)24(32)21(31)11-12-27-25(33)34-14-19-17-7-3-1-5-15(17)16-6-2-4-8-18(16)19/h1-10,13,19,21,24,31-32H,11-12,14H2,(H,27,33). The first kappa shape index (κ1) is 22.3. The van der Waals surface area contributed by atoms with Gasteiger partial charge in [0.05, 0.1) is 18.0 Å². The van der Waals surface area contributed by atoms with E-state index in [4.69, 9.17) is 16.3 Å². The van der Waals surface area contributed by atoms with E-state index in [1.165, 1.54) is 10.7 Å². The van der Waals surface area contributed by atoms with Crippen LogP contribution in [0.3, 0.4) is 0 Å². The van der Waals surface area contributed by atoms with Crippen molar-refractivity contribution in [1.82, 2.24) is 19.9 Å². The van der Waals surface area contributed by atoms with Gasteiger partial charge in [-0.2, -0.15) is 5.10 Å². The molecule has 9 heteroatoms. The molecule has 5 rings (SSSR count). The summed E-state index contributed by atoms with van der Waals surface area (Å²) in [4.78, 5) is 16.4. The summed E-state index contributed by atoms with van der Waals surface area (Å²) in [6, 6.07) is 19.5. The molecule has 0 aliphatic heterocycles. The fraction of sp³-hybridized carbons (Fsp3) is 0.240. The molecule has 2 atom stereocenters. The van der Waals surface area contributed by atoms with E-state index < -0.39 is 18.3 Å². The zero-order chi connectivity index (χ0) is 23.7. The molecule has 0 radical (unpaired) electrons. The second-order valence-corrected chi connectivity index (χ2v) is 8.55. The van der Waals surface area contributed by atoms with Gasteiger partial charge in [0.1, 0.15) is 17.9 Å². The molecule has 0 fully saturated rings. The van der Waals surface area contributed by atoms with E-state index in [0.717, 1.165) is 22.3 Å². The largest absolute Gasteiger partial charge is 0.449 e. The maximum Gasteiger partial charge on any atom is 0.407 e. The van der Waals surface area contributed by atoms with Crippen LogP contribution in [0.2, 0.25) is 5.15 Å². The second-order valence-electron chi connectivity index (χ2n) is 8.16. The number of aliphatic hydroxyl groups is 2. The van der Waals surface area contributed by atoms with Crippen molar-refractivity contribution in [2.45, 2.75) is 24.5 Å². The van der Waals surface area contributed by atoms with Crippen molar-refractivity contribution in [3.8, 4) is 11.1 Å². The van der Waals surface area contributed by atoms with Gasteiger partial charge in [-0.25, -0.2) is 14.3 Å². The normalized spacial score (nSPS) is 14.4. The molecule has 2 aromatic heterocycles. The van der Waals surface area contributed by atoms with Gasteiger partial charge in [0.15, 0.2) is 5.65 Å². The average Bonchev–Trinajstić information content (AvgIpc) is 3.41. The highest BCUT2D eigenvalue weighted by molar-refractivity contribution is 6.29. The number of nitrogens with zero attached hydrogens (tertiary/aromatic N) is 3. The van der Waals surface area contributed by atoms with Crippen molar-refractivity contribution < 1.29 is 19.7 Å². The first-order valence-electron chi connectivity index (χ1n) is 11.0. The van der Waals surface area contributed by atoms with E-state index in [0.29, 0.717) is 11.3 Å². The van der Waals surface area contributed by atoms with E-state index in [-0.39, 0.29) is 30.6 Å². The number of halogens is 1. The number of aliphatic hydroxyl groups excluding tert-OH is 2. The number of imidazole rings is 1. The first-order valence-corrected chi connectivity index (χ1v) is 11.4. The lowest BCUT2D eigenvalue weighted by Crippen LogP contribution is -2.31. The second kappa shape index (κ2) is 9.42. The summed E-state index contributed by atoms with van der Waals surface area (Å²) in [5.41, 5.74) is 5.40. The summed E-state index contributed by atoms with van der Waals surface area (Å²) in [6.45, 7) is 0.332. The number of aromatic nitrogens is 3. The fourth-order valence-electron chi connectivity index (χ4n) is 4.40. The predicted octanol–water partition coefficient (Wildman–Crippen LogP) is 3.71. The minimum absolute atomic E-state index is 0.0277. The van der Waals surface area contributed by atoms with Crippen molar-refractivity contribution in [2.75, 3.05) is 13.2 Å². The number of benzene rings is 2. The number of rotatable bonds is 7. The fourth-order valence-corrected chi connectivity index (χ4v) is 4.54. The van der Waals surface area contributed by atoms with E-state index in [1.807, 2.05) is 24.3 Å². The van der Waals surface area contributed by atoms with Crippen molar-refractivity contribution in [1.29, 1.82) is 0 Å². The quantitative estimate of drug-likeness (QED) is 0.373. The highest BCUT2D eigenvalue weighted by Gasteiger charge is 2.29. The Kier molecular flexibility index (Phi) is 6.19. The van der Waals surface area contributed by atoms with Gasteiger partial charge in [0.2, 0.25) is 0 Å². The molecule has 4 aromatic rings. The van der Waals surface area contributed by atoms with Gasteiger partial charge in [-0.3, -0.25) is 0 Å². The number of hydrogen-bond acceptors (Lipinski definition) is 6. The zero-order valence-corrected chi connectivity index (χ0v) is 18.9. The Labute approximate surface area is 200 Å². The summed E-state index contributed by atoms with van der Waals surface area (Å²) < 4.78 is 6.88. The number of ether oxygens (including phenoxy) is 1. The number of carbonyl (C=O) groups is 1. The van der Waals surface area contributed by atoms with Crippen LogP contribution in [-0.2, 0) is 4.74 Å². The van der Waals surface area contributed by atoms with Gasteiger partial charge >= 0.3 is 6.09 Å². The Hall–Kier alpha value is -3.46. The summed E-state index contributed by atoms with van der Waals surface area (Å²) >= 11 is 5.92. The molecular weight excluding hydrogens is 456 g/mol. The summed E-state index contributed by atoms with van der Waals surface area (Å²) in [7, 11) is 0. The number of hydrogen-bond donors (Lipinski definition) is 3. The number of amides is 1. The lowest BCUT2D eigenvalue weighted by Gasteiger charge is -2.18. The molecule has 2 aromatic carbocycles. The Morgan fingerprint density at radius 3 is 2.44 bits per heavy atom. The van der Waals surface area contributed by atoms with E-state index in [1.54, 1.807) is 12.1 Å². The summed E-state index contributed by atoms with van der Waals surface area (Å²) in [5.74, 6) is -0.0277. The molecule has 174 valence electrons. The number of fused-ring (bicyclic) bond motifs is 4. The molecule has 1 aliphatic rings. The molecular formula is C25H23ClN4O4. The van der Waals surface area contributed by atoms with Crippen molar-refractivity contribution >= 4 is 23.3 Å². The third kappa shape index (κ3) is 4.23. The predicted molar refractivity (Wildman–Crippen MR) is 127 cm³/mol. The van der Waals surface area contributed by atoms with Crippen LogP contribution < -0.4 is 5.32 Å². The van der Waals surface area contributed by atoms with Crippen LogP contribution in [0.15, 0.2) is 66.9 Å². The third-order valence-corrected chi connectivity index (χ3v) is 6.28. The van der Waals surface area contributed by atoms with E-state index in [9.17, 15) is 15.0 Å². The summed E-state index contributed by atoms with van der Waals surface area (Å²) in [6.07, 6.45) is -1.42. The van der Waals surface area contributed by atoms with Crippen LogP contribution in [0.4, 0.5) is 4.79 Å². The van der Waals surface area contributed by atoms with Gasteiger partial charge in [-0.15, -0.1) is 0 Å². The molecule has 8 nitrogen and oxygen atoms in total. The van der Waals surface area contributed by atoms with Gasteiger partial charge in [0.25, 0.3) is 0 Å². The van der Waals surface area contributed by atoms with Crippen molar-refractivity contribution in [3.63, 3.8) is 0 Å². The highest BCUT2D eigenvalue weighted by Crippen LogP contribution is 2.44. The monoisotopic (exact) mass is 478 g/mol. The van der Waals surface area contributed by atoms with Crippen LogP contribution in [0.25, 0.3) is 16.8 Å². The third-order valence-electron chi connectivity index (χ3n) is 6.08. The van der Waals surface area contributed by atoms with Crippen LogP contribution in [0.5, 0.6) is 0 Å². The molecule has 0 spiro atoms. The molecule has 2 unspecified atom stereocenters. The average molecular weight is 479 g/mol. The Morgan fingerprint density at radius 2 is 1.74 bits per heavy atom. The number of alkyl carbamates (subject to hydrolysis) is 1. The first-order chi connectivity index (χ1) is 16.5. The van der Waals surface area contributed by atoms with Crippen molar-refractivity contribution in [3.05, 3.63) is 88.8 Å². The lowest BCUT2D eigenvalue weighted by molar-refractivity contribution is 0.0101. The van der Waals surface area contributed by atoms with Gasteiger partial charge in [-0.05, 0) is 40.8 Å². The minimum atomic E-state index is -1.25. The van der Waals surface area contributed by atoms with Crippen LogP contribution in [-0.4, -0.2) is 50.2 Å². The zero-order valence-electron chi connectivity index (χ0n) is 18.1. The van der Waals surface area contributed by atoms with E-state index >= 15 is 0 Å². The molecule has 2 heterocycles. The molecule has 3 N–H and O–H groups in total. The van der Waals surface area contributed by atoms with Crippen molar-refractivity contribution in [2.24, 2.45) is 0 Å². The summed E-state index contributed by atoms with van der Waals surface area (Å²) in [5, 5.41) is 27.9. The minimum Gasteiger partial charge on any atom is -0.449 e. The molecule has 1 aliphatic carbocycles. The SMILES string of the molecule is O=C(NCCC(O)C(O)c1cnc2ccc(Cl)nn12)OCC1c2ccccc2-c2ccccc21. The lowest BCUT2D eigenvalue weighted by atomic mass is 9.98. The van der Waals surface area contributed by atoms with Gasteiger partial charge in [0, 0.05) is 12.5 Å². The Balaban J connectivity index is 1.15. The number of nitrogens with one attached hydrogen (secondary N) is 1. The molecule has 34 heavy (non-hydrogen) atoms. The molecule has 0 bridgehead atoms. The number of carbonyl (C=O) groups excluding carboxylic acids is 1. The van der Waals surface area contributed by atoms with Crippen LogP contribution >= 0.6 is 11.6 Å². The Morgan fingerprint density at radius 1 is 1.06 bits per heavy atom. The maximum absolute atomic E-state index is 12.3. The highest BCUT2D eigenvalue weighted by atomic mass is 35.5. The Bertz CT molecular complexity index is 1300. The molecule has 0 saturated heterocycles. The van der Waals surface area contributed by atoms with Crippen LogP contribution in [0, 0.1) is 0 Å². The maximum atomic E-state index is 12.3. The van der Waals surface area contributed by atoms with Gasteiger partial charge in [-0.1, -0.05) is 60.1 Å². The molecule has 1 amide bonds. The van der Waals surface area contributed by atoms with E-state index in [2.05, 4.69) is 39.7 Å². The molecule has 0 saturated carbocycles. The van der Waals surface area contributed by atoms with Crippen LogP contribution in [0.1, 0.15) is 35.3 Å².